The molecular weight excluding hydrogens is 288 g/mol. The van der Waals surface area contributed by atoms with Gasteiger partial charge in [0.15, 0.2) is 6.79 Å². The lowest BCUT2D eigenvalue weighted by atomic mass is 10.1. The number of halogens is 1. The van der Waals surface area contributed by atoms with E-state index in [0.717, 1.165) is 42.5 Å². The van der Waals surface area contributed by atoms with E-state index in [1.165, 1.54) is 18.4 Å². The van der Waals surface area contributed by atoms with Crippen molar-refractivity contribution >= 4 is 11.6 Å². The van der Waals surface area contributed by atoms with Gasteiger partial charge in [-0.2, -0.15) is 0 Å². The van der Waals surface area contributed by atoms with Crippen molar-refractivity contribution in [3.05, 3.63) is 28.3 Å². The molecule has 1 aromatic carbocycles. The van der Waals surface area contributed by atoms with Gasteiger partial charge in [-0.25, -0.2) is 0 Å². The molecule has 0 radical (unpaired) electrons. The number of hydrogen-bond acceptors (Lipinski definition) is 4. The number of benzene rings is 1. The summed E-state index contributed by atoms with van der Waals surface area (Å²) in [6.07, 6.45) is 2.56. The molecule has 5 heteroatoms. The Bertz CT molecular complexity index is 489. The summed E-state index contributed by atoms with van der Waals surface area (Å²) in [5.74, 6) is 0.962. The minimum atomic E-state index is 0.331. The summed E-state index contributed by atoms with van der Waals surface area (Å²) in [6, 6.07) is 4.58. The van der Waals surface area contributed by atoms with E-state index in [-0.39, 0.29) is 0 Å². The van der Waals surface area contributed by atoms with Crippen LogP contribution in [-0.4, -0.2) is 37.4 Å². The molecule has 3 rings (SSSR count). The van der Waals surface area contributed by atoms with Gasteiger partial charge in [-0.15, -0.1) is 0 Å². The zero-order valence-corrected chi connectivity index (χ0v) is 13.3. The number of nitrogens with one attached hydrogen (secondary N) is 1. The molecule has 1 aromatic rings. The summed E-state index contributed by atoms with van der Waals surface area (Å²) in [5.41, 5.74) is 2.22. The summed E-state index contributed by atoms with van der Waals surface area (Å²) in [5, 5.41) is 4.32. The van der Waals surface area contributed by atoms with Gasteiger partial charge in [-0.3, -0.25) is 4.90 Å². The van der Waals surface area contributed by atoms with E-state index in [0.29, 0.717) is 19.4 Å². The molecule has 0 bridgehead atoms. The van der Waals surface area contributed by atoms with Gasteiger partial charge in [0.1, 0.15) is 5.75 Å². The normalized spacial score (nSPS) is 21.4. The highest BCUT2D eigenvalue weighted by Gasteiger charge is 2.21. The minimum absolute atomic E-state index is 0.331. The number of likely N-dealkylation sites (N-methyl/N-ethyl adjacent to an activating group) is 1. The quantitative estimate of drug-likeness (QED) is 0.907. The molecule has 2 aliphatic heterocycles. The third-order valence-corrected chi connectivity index (χ3v) is 4.45. The molecule has 21 heavy (non-hydrogen) atoms. The van der Waals surface area contributed by atoms with Gasteiger partial charge in [0.2, 0.25) is 0 Å². The Morgan fingerprint density at radius 3 is 3.10 bits per heavy atom. The Kier molecular flexibility index (Phi) is 5.01. The van der Waals surface area contributed by atoms with Crippen molar-refractivity contribution < 1.29 is 9.47 Å². The predicted octanol–water partition coefficient (Wildman–Crippen LogP) is 2.78. The van der Waals surface area contributed by atoms with E-state index in [2.05, 4.69) is 17.1 Å². The molecule has 1 saturated heterocycles. The van der Waals surface area contributed by atoms with Gasteiger partial charge >= 0.3 is 0 Å². The Labute approximate surface area is 131 Å². The Morgan fingerprint density at radius 1 is 1.43 bits per heavy atom. The standard InChI is InChI=1S/C16H23ClN2O2/c1-2-19(9-15-4-3-5-18-15)8-12-6-14(17)7-13-10-20-11-21-16(12)13/h6-7,15,18H,2-5,8-11H2,1H3. The fourth-order valence-electron chi connectivity index (χ4n) is 3.14. The maximum Gasteiger partial charge on any atom is 0.189 e. The summed E-state index contributed by atoms with van der Waals surface area (Å²) in [4.78, 5) is 2.45. The molecule has 2 heterocycles. The number of hydrogen-bond donors (Lipinski definition) is 1. The molecule has 0 amide bonds. The van der Waals surface area contributed by atoms with Crippen LogP contribution in [0.15, 0.2) is 12.1 Å². The summed E-state index contributed by atoms with van der Waals surface area (Å²) in [6.45, 7) is 7.24. The molecule has 1 fully saturated rings. The van der Waals surface area contributed by atoms with Gasteiger partial charge in [0.25, 0.3) is 0 Å². The van der Waals surface area contributed by atoms with Crippen LogP contribution in [0, 0.1) is 0 Å². The van der Waals surface area contributed by atoms with Gasteiger partial charge in [0, 0.05) is 35.3 Å². The number of fused-ring (bicyclic) bond motifs is 1. The molecule has 4 nitrogen and oxygen atoms in total. The van der Waals surface area contributed by atoms with Gasteiger partial charge < -0.3 is 14.8 Å². The monoisotopic (exact) mass is 310 g/mol. The highest BCUT2D eigenvalue weighted by molar-refractivity contribution is 6.30. The SMILES string of the molecule is CCN(Cc1cc(Cl)cc2c1OCOC2)CC1CCCN1. The molecular formula is C16H23ClN2O2. The lowest BCUT2D eigenvalue weighted by Crippen LogP contribution is -2.37. The van der Waals surface area contributed by atoms with Crippen molar-refractivity contribution in [1.82, 2.24) is 10.2 Å². The molecule has 0 aromatic heterocycles. The van der Waals surface area contributed by atoms with Gasteiger partial charge in [-0.1, -0.05) is 18.5 Å². The second-order valence-electron chi connectivity index (χ2n) is 5.78. The first kappa shape index (κ1) is 15.1. The highest BCUT2D eigenvalue weighted by Crippen LogP contribution is 2.32. The number of nitrogens with zero attached hydrogens (tertiary/aromatic N) is 1. The van der Waals surface area contributed by atoms with Crippen LogP contribution in [0.2, 0.25) is 5.02 Å². The van der Waals surface area contributed by atoms with E-state index in [1.807, 2.05) is 12.1 Å². The van der Waals surface area contributed by atoms with Crippen LogP contribution < -0.4 is 10.1 Å². The number of ether oxygens (including phenoxy) is 2. The van der Waals surface area contributed by atoms with E-state index in [4.69, 9.17) is 21.1 Å². The number of rotatable bonds is 5. The zero-order chi connectivity index (χ0) is 14.7. The zero-order valence-electron chi connectivity index (χ0n) is 12.5. The van der Waals surface area contributed by atoms with Crippen molar-refractivity contribution in [3.8, 4) is 5.75 Å². The maximum absolute atomic E-state index is 6.24. The average molecular weight is 311 g/mol. The molecule has 116 valence electrons. The lowest BCUT2D eigenvalue weighted by Gasteiger charge is -2.27. The van der Waals surface area contributed by atoms with E-state index in [9.17, 15) is 0 Å². The molecule has 1 atom stereocenters. The van der Waals surface area contributed by atoms with Crippen LogP contribution in [-0.2, 0) is 17.9 Å². The maximum atomic E-state index is 6.24. The highest BCUT2D eigenvalue weighted by atomic mass is 35.5. The second kappa shape index (κ2) is 6.97. The van der Waals surface area contributed by atoms with E-state index < -0.39 is 0 Å². The molecule has 1 unspecified atom stereocenters. The van der Waals surface area contributed by atoms with Crippen LogP contribution in [0.1, 0.15) is 30.9 Å². The first-order valence-corrected chi connectivity index (χ1v) is 8.11. The van der Waals surface area contributed by atoms with Crippen LogP contribution in [0.4, 0.5) is 0 Å². The minimum Gasteiger partial charge on any atom is -0.467 e. The van der Waals surface area contributed by atoms with Crippen LogP contribution in [0.5, 0.6) is 5.75 Å². The summed E-state index contributed by atoms with van der Waals surface area (Å²) < 4.78 is 11.0. The summed E-state index contributed by atoms with van der Waals surface area (Å²) >= 11 is 6.24. The third-order valence-electron chi connectivity index (χ3n) is 4.23. The van der Waals surface area contributed by atoms with E-state index in [1.54, 1.807) is 0 Å². The third kappa shape index (κ3) is 3.69. The Morgan fingerprint density at radius 2 is 2.33 bits per heavy atom. The van der Waals surface area contributed by atoms with E-state index >= 15 is 0 Å². The van der Waals surface area contributed by atoms with Crippen LogP contribution in [0.25, 0.3) is 0 Å². The van der Waals surface area contributed by atoms with Crippen molar-refractivity contribution in [1.29, 1.82) is 0 Å². The lowest BCUT2D eigenvalue weighted by molar-refractivity contribution is -0.0174. The van der Waals surface area contributed by atoms with Crippen molar-refractivity contribution in [2.24, 2.45) is 0 Å². The molecule has 0 spiro atoms. The summed E-state index contributed by atoms with van der Waals surface area (Å²) in [7, 11) is 0. The fourth-order valence-corrected chi connectivity index (χ4v) is 3.41. The first-order chi connectivity index (χ1) is 10.3. The second-order valence-corrected chi connectivity index (χ2v) is 6.22. The fraction of sp³-hybridized carbons (Fsp3) is 0.625. The van der Waals surface area contributed by atoms with Crippen molar-refractivity contribution in [2.45, 2.75) is 39.0 Å². The average Bonchev–Trinajstić information content (AvgIpc) is 2.99. The van der Waals surface area contributed by atoms with Crippen LogP contribution in [0.3, 0.4) is 0 Å². The van der Waals surface area contributed by atoms with Gasteiger partial charge in [-0.05, 0) is 38.1 Å². The molecule has 0 aliphatic carbocycles. The largest absolute Gasteiger partial charge is 0.467 e. The topological polar surface area (TPSA) is 33.7 Å². The first-order valence-electron chi connectivity index (χ1n) is 7.74. The van der Waals surface area contributed by atoms with Crippen molar-refractivity contribution in [3.63, 3.8) is 0 Å². The molecule has 2 aliphatic rings. The molecule has 0 saturated carbocycles. The molecule has 1 N–H and O–H groups in total. The Hall–Kier alpha value is -0.810. The Balaban J connectivity index is 1.74. The van der Waals surface area contributed by atoms with Gasteiger partial charge in [0.05, 0.1) is 6.61 Å². The predicted molar refractivity (Wildman–Crippen MR) is 83.7 cm³/mol. The smallest absolute Gasteiger partial charge is 0.189 e. The van der Waals surface area contributed by atoms with Crippen molar-refractivity contribution in [2.75, 3.05) is 26.4 Å². The van der Waals surface area contributed by atoms with Crippen LogP contribution >= 0.6 is 11.6 Å².